The largest absolute Gasteiger partial charge is 0.744 e. The molecular weight excluding hydrogens is 450 g/mol. The summed E-state index contributed by atoms with van der Waals surface area (Å²) in [5.41, 5.74) is -0.877. The zero-order valence-corrected chi connectivity index (χ0v) is 18.0. The molecule has 3 rings (SSSR count). The zero-order valence-electron chi connectivity index (χ0n) is 16.4. The van der Waals surface area contributed by atoms with Gasteiger partial charge in [0.2, 0.25) is 5.91 Å². The summed E-state index contributed by atoms with van der Waals surface area (Å²) >= 11 is 0. The van der Waals surface area contributed by atoms with Gasteiger partial charge in [0.05, 0.1) is 21.5 Å². The molecule has 0 aromatic heterocycles. The number of carbonyl (C=O) groups is 1. The van der Waals surface area contributed by atoms with Gasteiger partial charge >= 0.3 is 0 Å². The van der Waals surface area contributed by atoms with Gasteiger partial charge in [-0.15, -0.1) is 0 Å². The van der Waals surface area contributed by atoms with Crippen LogP contribution < -0.4 is 5.32 Å². The minimum absolute atomic E-state index is 0.187. The fourth-order valence-electron chi connectivity index (χ4n) is 3.52. The van der Waals surface area contributed by atoms with Crippen LogP contribution in [0.2, 0.25) is 0 Å². The second-order valence-electron chi connectivity index (χ2n) is 7.24. The van der Waals surface area contributed by atoms with E-state index in [1.165, 1.54) is 0 Å². The maximum Gasteiger partial charge on any atom is 0.221 e. The Balaban J connectivity index is 2.33. The Labute approximate surface area is 178 Å². The van der Waals surface area contributed by atoms with Crippen molar-refractivity contribution in [1.82, 2.24) is 0 Å². The molecule has 0 radical (unpaired) electrons. The van der Waals surface area contributed by atoms with Crippen molar-refractivity contribution in [3.63, 3.8) is 0 Å². The Morgan fingerprint density at radius 1 is 1.06 bits per heavy atom. The predicted molar refractivity (Wildman–Crippen MR) is 107 cm³/mol. The SMILES string of the molecule is CC(=O)Nc1cc(S(=O)(=O)[O-])cc2cc(S(=O)(=O)[O-])c(N=NC3CCCCC3)c(O)c12. The third-order valence-electron chi connectivity index (χ3n) is 4.89. The van der Waals surface area contributed by atoms with Crippen LogP contribution in [0.5, 0.6) is 5.75 Å². The summed E-state index contributed by atoms with van der Waals surface area (Å²) in [7, 11) is -10.2. The number of amides is 1. The third-order valence-corrected chi connectivity index (χ3v) is 6.55. The molecule has 0 atom stereocenters. The van der Waals surface area contributed by atoms with E-state index in [1.54, 1.807) is 0 Å². The number of fused-ring (bicyclic) bond motifs is 1. The summed E-state index contributed by atoms with van der Waals surface area (Å²) in [6.07, 6.45) is 4.31. The second kappa shape index (κ2) is 8.49. The molecule has 0 heterocycles. The van der Waals surface area contributed by atoms with E-state index in [1.807, 2.05) is 0 Å². The fourth-order valence-corrected chi connectivity index (χ4v) is 4.69. The summed E-state index contributed by atoms with van der Waals surface area (Å²) in [6.45, 7) is 1.11. The number of aromatic hydroxyl groups is 1. The molecule has 1 amide bonds. The maximum absolute atomic E-state index is 11.8. The van der Waals surface area contributed by atoms with Crippen molar-refractivity contribution in [3.05, 3.63) is 18.2 Å². The average molecular weight is 469 g/mol. The second-order valence-corrected chi connectivity index (χ2v) is 9.97. The summed E-state index contributed by atoms with van der Waals surface area (Å²) in [5, 5.41) is 20.5. The van der Waals surface area contributed by atoms with Gasteiger partial charge in [0.25, 0.3) is 0 Å². The molecule has 0 saturated heterocycles. The Morgan fingerprint density at radius 3 is 2.26 bits per heavy atom. The number of phenols is 1. The van der Waals surface area contributed by atoms with Gasteiger partial charge in [-0.3, -0.25) is 4.79 Å². The Morgan fingerprint density at radius 2 is 1.71 bits per heavy atom. The van der Waals surface area contributed by atoms with Crippen molar-refractivity contribution in [3.8, 4) is 5.75 Å². The van der Waals surface area contributed by atoms with Crippen molar-refractivity contribution in [2.24, 2.45) is 10.2 Å². The number of carbonyl (C=O) groups excluding carboxylic acids is 1. The highest BCUT2D eigenvalue weighted by molar-refractivity contribution is 7.86. The number of nitrogens with one attached hydrogen (secondary N) is 1. The molecule has 0 spiro atoms. The van der Waals surface area contributed by atoms with Gasteiger partial charge in [-0.25, -0.2) is 16.8 Å². The van der Waals surface area contributed by atoms with Gasteiger partial charge < -0.3 is 19.5 Å². The number of phenolic OH excluding ortho intramolecular Hbond substituents is 1. The van der Waals surface area contributed by atoms with Crippen LogP contribution in [0.15, 0.2) is 38.2 Å². The summed E-state index contributed by atoms with van der Waals surface area (Å²) < 4.78 is 69.9. The van der Waals surface area contributed by atoms with Crippen molar-refractivity contribution >= 4 is 48.3 Å². The standard InChI is InChI=1S/C18H21N3O8S2/c1-10(22)19-14-9-13(30(24,25)26)7-11-8-15(31(27,28)29)17(18(23)16(11)14)21-20-12-5-3-2-4-6-12/h7-9,12,23H,2-6H2,1H3,(H,19,22)(H,24,25,26)(H,27,28,29)/p-2. The molecule has 0 bridgehead atoms. The smallest absolute Gasteiger partial charge is 0.221 e. The fraction of sp³-hybridized carbons (Fsp3) is 0.389. The topological polar surface area (TPSA) is 188 Å². The number of nitrogens with zero attached hydrogens (tertiary/aromatic N) is 2. The quantitative estimate of drug-likeness (QED) is 0.493. The molecule has 13 heteroatoms. The van der Waals surface area contributed by atoms with Crippen molar-refractivity contribution in [1.29, 1.82) is 0 Å². The molecule has 1 aliphatic carbocycles. The molecular formula is C18H19N3O8S2-2. The molecule has 2 aromatic carbocycles. The van der Waals surface area contributed by atoms with E-state index in [0.717, 1.165) is 57.2 Å². The van der Waals surface area contributed by atoms with E-state index in [9.17, 15) is 35.8 Å². The molecule has 1 aliphatic rings. The number of anilines is 1. The molecule has 0 unspecified atom stereocenters. The predicted octanol–water partition coefficient (Wildman–Crippen LogP) is 2.73. The van der Waals surface area contributed by atoms with Crippen LogP contribution in [0.25, 0.3) is 10.8 Å². The number of benzene rings is 2. The van der Waals surface area contributed by atoms with E-state index in [0.29, 0.717) is 0 Å². The number of azo groups is 1. The van der Waals surface area contributed by atoms with Gasteiger partial charge in [0.15, 0.2) is 5.75 Å². The summed E-state index contributed by atoms with van der Waals surface area (Å²) in [5.74, 6) is -1.43. The van der Waals surface area contributed by atoms with E-state index in [4.69, 9.17) is 0 Å². The highest BCUT2D eigenvalue weighted by atomic mass is 32.2. The van der Waals surface area contributed by atoms with Crippen LogP contribution in [0.4, 0.5) is 11.4 Å². The first-order chi connectivity index (χ1) is 14.4. The van der Waals surface area contributed by atoms with Crippen LogP contribution in [0.3, 0.4) is 0 Å². The van der Waals surface area contributed by atoms with Crippen molar-refractivity contribution < 1.29 is 35.8 Å². The first kappa shape index (κ1) is 23.1. The first-order valence-corrected chi connectivity index (χ1v) is 12.1. The normalized spacial score (nSPS) is 16.1. The van der Waals surface area contributed by atoms with Crippen molar-refractivity contribution in [2.75, 3.05) is 5.32 Å². The van der Waals surface area contributed by atoms with E-state index < -0.39 is 47.4 Å². The van der Waals surface area contributed by atoms with Crippen LogP contribution in [0.1, 0.15) is 39.0 Å². The zero-order chi connectivity index (χ0) is 23.0. The minimum atomic E-state index is -5.16. The van der Waals surface area contributed by atoms with Crippen LogP contribution in [0, 0.1) is 0 Å². The average Bonchev–Trinajstić information content (AvgIpc) is 2.65. The van der Waals surface area contributed by atoms with Gasteiger partial charge in [0, 0.05) is 12.3 Å². The molecule has 2 N–H and O–H groups in total. The van der Waals surface area contributed by atoms with Crippen LogP contribution in [-0.4, -0.2) is 43.0 Å². The summed E-state index contributed by atoms with van der Waals surface area (Å²) in [4.78, 5) is 9.86. The van der Waals surface area contributed by atoms with Crippen LogP contribution in [-0.2, 0) is 25.0 Å². The number of hydrogen-bond acceptors (Lipinski definition) is 10. The van der Waals surface area contributed by atoms with Gasteiger partial charge in [-0.05, 0) is 36.4 Å². The maximum atomic E-state index is 11.8. The lowest BCUT2D eigenvalue weighted by Gasteiger charge is -2.19. The highest BCUT2D eigenvalue weighted by Crippen LogP contribution is 2.45. The van der Waals surface area contributed by atoms with Gasteiger partial charge in [-0.1, -0.05) is 19.3 Å². The number of rotatable bonds is 5. The molecule has 11 nitrogen and oxygen atoms in total. The van der Waals surface area contributed by atoms with E-state index in [2.05, 4.69) is 15.5 Å². The van der Waals surface area contributed by atoms with Crippen LogP contribution >= 0.6 is 0 Å². The Kier molecular flexibility index (Phi) is 6.32. The highest BCUT2D eigenvalue weighted by Gasteiger charge is 2.22. The van der Waals surface area contributed by atoms with Gasteiger partial charge in [-0.2, -0.15) is 10.2 Å². The molecule has 2 aromatic rings. The lowest BCUT2D eigenvalue weighted by molar-refractivity contribution is -0.114. The Bertz CT molecular complexity index is 1280. The third kappa shape index (κ3) is 5.18. The molecule has 1 fully saturated rings. The molecule has 0 aliphatic heterocycles. The van der Waals surface area contributed by atoms with E-state index in [-0.39, 0.29) is 22.5 Å². The number of hydrogen-bond donors (Lipinski definition) is 2. The monoisotopic (exact) mass is 469 g/mol. The molecule has 168 valence electrons. The lowest BCUT2D eigenvalue weighted by Crippen LogP contribution is -2.09. The first-order valence-electron chi connectivity index (χ1n) is 9.32. The van der Waals surface area contributed by atoms with E-state index >= 15 is 0 Å². The Hall–Kier alpha value is -2.61. The lowest BCUT2D eigenvalue weighted by atomic mass is 9.96. The van der Waals surface area contributed by atoms with Gasteiger partial charge in [0.1, 0.15) is 25.9 Å². The minimum Gasteiger partial charge on any atom is -0.744 e. The summed E-state index contributed by atoms with van der Waals surface area (Å²) in [6, 6.07) is 2.24. The molecule has 1 saturated carbocycles. The molecule has 31 heavy (non-hydrogen) atoms. The van der Waals surface area contributed by atoms with Crippen molar-refractivity contribution in [2.45, 2.75) is 54.9 Å².